The van der Waals surface area contributed by atoms with E-state index in [0.29, 0.717) is 5.02 Å². The number of benzene rings is 1. The molecule has 0 atom stereocenters. The van der Waals surface area contributed by atoms with Gasteiger partial charge in [0.05, 0.1) is 11.2 Å². The van der Waals surface area contributed by atoms with E-state index in [1.54, 1.807) is 0 Å². The van der Waals surface area contributed by atoms with Gasteiger partial charge in [-0.3, -0.25) is 4.98 Å². The first-order valence-electron chi connectivity index (χ1n) is 4.87. The monoisotopic (exact) mass is 267 g/mol. The summed E-state index contributed by atoms with van der Waals surface area (Å²) in [5, 5.41) is 9.29. The topological polar surface area (TPSA) is 59.4 Å². The number of ether oxygens (including phenoxy) is 1. The third-order valence-corrected chi connectivity index (χ3v) is 2.29. The Kier molecular flexibility index (Phi) is 3.43. The Hall–Kier alpha value is -2.14. The van der Waals surface area contributed by atoms with Gasteiger partial charge in [0, 0.05) is 12.3 Å². The minimum atomic E-state index is -1.28. The number of carbonyl (C=O) groups is 1. The predicted molar refractivity (Wildman–Crippen MR) is 62.7 cm³/mol. The van der Waals surface area contributed by atoms with Crippen LogP contribution in [0.5, 0.6) is 11.5 Å². The lowest BCUT2D eigenvalue weighted by molar-refractivity contribution is 0.0693. The van der Waals surface area contributed by atoms with Crippen LogP contribution in [0.1, 0.15) is 10.4 Å². The first-order chi connectivity index (χ1) is 8.56. The molecule has 1 aromatic carbocycles. The number of carboxylic acids is 1. The molecule has 0 radical (unpaired) electrons. The van der Waals surface area contributed by atoms with Crippen LogP contribution in [0.25, 0.3) is 0 Å². The minimum absolute atomic E-state index is 0.0213. The highest BCUT2D eigenvalue weighted by Gasteiger charge is 2.13. The Morgan fingerprint density at radius 2 is 2.11 bits per heavy atom. The minimum Gasteiger partial charge on any atom is -0.478 e. The van der Waals surface area contributed by atoms with Crippen molar-refractivity contribution in [3.8, 4) is 11.5 Å². The van der Waals surface area contributed by atoms with E-state index in [4.69, 9.17) is 21.4 Å². The van der Waals surface area contributed by atoms with E-state index in [1.165, 1.54) is 24.5 Å². The maximum absolute atomic E-state index is 13.0. The fourth-order valence-corrected chi connectivity index (χ4v) is 1.50. The number of rotatable bonds is 3. The number of nitrogens with zero attached hydrogens (tertiary/aromatic N) is 1. The number of halogens is 2. The van der Waals surface area contributed by atoms with Crippen LogP contribution in [0.2, 0.25) is 5.02 Å². The molecule has 0 aliphatic carbocycles. The summed E-state index contributed by atoms with van der Waals surface area (Å²) in [6.45, 7) is 0. The summed E-state index contributed by atoms with van der Waals surface area (Å²) in [5.41, 5.74) is -0.269. The molecule has 6 heteroatoms. The molecule has 0 fully saturated rings. The van der Waals surface area contributed by atoms with Crippen LogP contribution >= 0.6 is 11.6 Å². The van der Waals surface area contributed by atoms with Crippen LogP contribution < -0.4 is 4.74 Å². The normalized spacial score (nSPS) is 10.1. The van der Waals surface area contributed by atoms with Gasteiger partial charge in [-0.2, -0.15) is 0 Å². The standard InChI is InChI=1S/C12H7ClFNO3/c13-7-3-9(6-15-5-7)18-11-2-1-8(14)4-10(11)12(16)17/h1-6H,(H,16,17). The van der Waals surface area contributed by atoms with Gasteiger partial charge in [-0.25, -0.2) is 9.18 Å². The van der Waals surface area contributed by atoms with Crippen molar-refractivity contribution in [2.24, 2.45) is 0 Å². The van der Waals surface area contributed by atoms with E-state index in [0.717, 1.165) is 12.1 Å². The van der Waals surface area contributed by atoms with Gasteiger partial charge >= 0.3 is 5.97 Å². The number of pyridine rings is 1. The molecule has 0 amide bonds. The lowest BCUT2D eigenvalue weighted by atomic mass is 10.2. The summed E-state index contributed by atoms with van der Waals surface area (Å²) in [5.74, 6) is -1.63. The second-order valence-corrected chi connectivity index (χ2v) is 3.82. The van der Waals surface area contributed by atoms with Gasteiger partial charge in [-0.05, 0) is 18.2 Å². The van der Waals surface area contributed by atoms with Crippen molar-refractivity contribution in [3.63, 3.8) is 0 Å². The zero-order valence-electron chi connectivity index (χ0n) is 8.93. The third-order valence-electron chi connectivity index (χ3n) is 2.08. The molecule has 92 valence electrons. The number of hydrogen-bond acceptors (Lipinski definition) is 3. The highest BCUT2D eigenvalue weighted by atomic mass is 35.5. The number of aromatic carboxylic acids is 1. The van der Waals surface area contributed by atoms with Gasteiger partial charge in [0.25, 0.3) is 0 Å². The maximum Gasteiger partial charge on any atom is 0.339 e. The molecule has 2 rings (SSSR count). The van der Waals surface area contributed by atoms with Gasteiger partial charge in [0.1, 0.15) is 22.9 Å². The van der Waals surface area contributed by atoms with Gasteiger partial charge in [0.2, 0.25) is 0 Å². The van der Waals surface area contributed by atoms with E-state index >= 15 is 0 Å². The molecule has 4 nitrogen and oxygen atoms in total. The van der Waals surface area contributed by atoms with Crippen molar-refractivity contribution in [1.29, 1.82) is 0 Å². The van der Waals surface area contributed by atoms with Crippen molar-refractivity contribution >= 4 is 17.6 Å². The van der Waals surface area contributed by atoms with E-state index in [1.807, 2.05) is 0 Å². The molecule has 0 aliphatic rings. The molecule has 0 unspecified atom stereocenters. The van der Waals surface area contributed by atoms with Crippen molar-refractivity contribution in [2.75, 3.05) is 0 Å². The Bertz CT molecular complexity index is 604. The number of aromatic nitrogens is 1. The van der Waals surface area contributed by atoms with Crippen molar-refractivity contribution < 1.29 is 19.0 Å². The number of carboxylic acid groups (broad SMARTS) is 1. The Labute approximate surface area is 107 Å². The first kappa shape index (κ1) is 12.3. The Morgan fingerprint density at radius 3 is 2.78 bits per heavy atom. The van der Waals surface area contributed by atoms with Gasteiger partial charge in [0.15, 0.2) is 0 Å². The number of hydrogen-bond donors (Lipinski definition) is 1. The van der Waals surface area contributed by atoms with Gasteiger partial charge in [-0.15, -0.1) is 0 Å². The SMILES string of the molecule is O=C(O)c1cc(F)ccc1Oc1cncc(Cl)c1. The molecule has 2 aromatic rings. The molecular weight excluding hydrogens is 261 g/mol. The van der Waals surface area contributed by atoms with Crippen LogP contribution in [-0.2, 0) is 0 Å². The van der Waals surface area contributed by atoms with Crippen LogP contribution in [0, 0.1) is 5.82 Å². The van der Waals surface area contributed by atoms with Crippen molar-refractivity contribution in [1.82, 2.24) is 4.98 Å². The zero-order valence-corrected chi connectivity index (χ0v) is 9.69. The highest BCUT2D eigenvalue weighted by molar-refractivity contribution is 6.30. The van der Waals surface area contributed by atoms with Crippen LogP contribution in [-0.4, -0.2) is 16.1 Å². The fourth-order valence-electron chi connectivity index (χ4n) is 1.33. The third kappa shape index (κ3) is 2.75. The Balaban J connectivity index is 2.37. The summed E-state index contributed by atoms with van der Waals surface area (Å²) in [7, 11) is 0. The molecule has 0 bridgehead atoms. The second-order valence-electron chi connectivity index (χ2n) is 3.39. The highest BCUT2D eigenvalue weighted by Crippen LogP contribution is 2.27. The smallest absolute Gasteiger partial charge is 0.339 e. The zero-order chi connectivity index (χ0) is 13.1. The summed E-state index contributed by atoms with van der Waals surface area (Å²) in [6, 6.07) is 4.71. The summed E-state index contributed by atoms with van der Waals surface area (Å²) < 4.78 is 18.3. The van der Waals surface area contributed by atoms with Crippen LogP contribution in [0.15, 0.2) is 36.7 Å². The predicted octanol–water partition coefficient (Wildman–Crippen LogP) is 3.36. The average Bonchev–Trinajstić information content (AvgIpc) is 2.31. The van der Waals surface area contributed by atoms with Gasteiger partial charge in [-0.1, -0.05) is 11.6 Å². The molecular formula is C12H7ClFNO3. The van der Waals surface area contributed by atoms with Crippen molar-refractivity contribution in [2.45, 2.75) is 0 Å². The summed E-state index contributed by atoms with van der Waals surface area (Å²) >= 11 is 5.72. The average molecular weight is 268 g/mol. The second kappa shape index (κ2) is 5.01. The van der Waals surface area contributed by atoms with Gasteiger partial charge < -0.3 is 9.84 Å². The fraction of sp³-hybridized carbons (Fsp3) is 0. The molecule has 0 saturated heterocycles. The van der Waals surface area contributed by atoms with E-state index in [9.17, 15) is 9.18 Å². The molecule has 1 N–H and O–H groups in total. The molecule has 0 aliphatic heterocycles. The molecule has 1 heterocycles. The summed E-state index contributed by atoms with van der Waals surface area (Å²) in [6.07, 6.45) is 2.79. The quantitative estimate of drug-likeness (QED) is 0.926. The van der Waals surface area contributed by atoms with E-state index in [-0.39, 0.29) is 17.1 Å². The first-order valence-corrected chi connectivity index (χ1v) is 5.25. The lowest BCUT2D eigenvalue weighted by Gasteiger charge is -2.08. The van der Waals surface area contributed by atoms with E-state index < -0.39 is 11.8 Å². The maximum atomic E-state index is 13.0. The van der Waals surface area contributed by atoms with Crippen LogP contribution in [0.3, 0.4) is 0 Å². The molecule has 0 spiro atoms. The Morgan fingerprint density at radius 1 is 1.33 bits per heavy atom. The van der Waals surface area contributed by atoms with Crippen molar-refractivity contribution in [3.05, 3.63) is 53.1 Å². The summed E-state index contributed by atoms with van der Waals surface area (Å²) in [4.78, 5) is 14.7. The lowest BCUT2D eigenvalue weighted by Crippen LogP contribution is -2.00. The van der Waals surface area contributed by atoms with E-state index in [2.05, 4.69) is 4.98 Å². The largest absolute Gasteiger partial charge is 0.478 e. The molecule has 1 aromatic heterocycles. The molecule has 0 saturated carbocycles. The van der Waals surface area contributed by atoms with Crippen LogP contribution in [0.4, 0.5) is 4.39 Å². The molecule has 18 heavy (non-hydrogen) atoms.